The molecule has 3 aromatic rings. The molecule has 0 spiro atoms. The van der Waals surface area contributed by atoms with Gasteiger partial charge in [-0.25, -0.2) is 13.1 Å². The summed E-state index contributed by atoms with van der Waals surface area (Å²) in [7, 11) is -2.12. The van der Waals surface area contributed by atoms with E-state index in [4.69, 9.17) is 0 Å². The van der Waals surface area contributed by atoms with Gasteiger partial charge in [0.05, 0.1) is 4.90 Å². The number of carbonyl (C=O) groups is 2. The first-order valence-corrected chi connectivity index (χ1v) is 16.2. The molecule has 1 saturated heterocycles. The minimum Gasteiger partial charge on any atom is -0.337 e. The number of anilines is 1. The highest BCUT2D eigenvalue weighted by Gasteiger charge is 2.36. The molecule has 5 rings (SSSR count). The number of carbonyl (C=O) groups excluding carboxylic acids is 2. The summed E-state index contributed by atoms with van der Waals surface area (Å²) in [5, 5.41) is 0. The fourth-order valence-electron chi connectivity index (χ4n) is 6.28. The Kier molecular flexibility index (Phi) is 9.40. The van der Waals surface area contributed by atoms with Crippen molar-refractivity contribution in [3.05, 3.63) is 95.6 Å². The predicted octanol–water partition coefficient (Wildman–Crippen LogP) is 4.35. The van der Waals surface area contributed by atoms with Crippen molar-refractivity contribution in [2.75, 3.05) is 25.0 Å². The Hall–Kier alpha value is -3.53. The molecule has 0 unspecified atom stereocenters. The van der Waals surface area contributed by atoms with Crippen molar-refractivity contribution in [3.63, 3.8) is 0 Å². The van der Waals surface area contributed by atoms with Gasteiger partial charge in [0.1, 0.15) is 0 Å². The van der Waals surface area contributed by atoms with Crippen molar-refractivity contribution in [3.8, 4) is 0 Å². The molecule has 1 N–H and O–H groups in total. The van der Waals surface area contributed by atoms with E-state index in [1.165, 1.54) is 12.6 Å². The molecule has 2 aliphatic heterocycles. The SMILES string of the molecule is CNS(=O)(=O)c1ccc(CCC(=O)N2Cc3ccccc3N(C(C)=O)CC[C@@H]3CC[C@H](C2)N3Cc2ccccc2)cc1. The molecule has 1 fully saturated rings. The van der Waals surface area contributed by atoms with Crippen LogP contribution in [0, 0.1) is 0 Å². The van der Waals surface area contributed by atoms with Crippen molar-refractivity contribution in [2.24, 2.45) is 0 Å². The average Bonchev–Trinajstić information content (AvgIpc) is 3.36. The van der Waals surface area contributed by atoms with E-state index in [1.54, 1.807) is 31.2 Å². The van der Waals surface area contributed by atoms with Crippen molar-refractivity contribution in [2.45, 2.75) is 69.1 Å². The standard InChI is InChI=1S/C33H40N4O4S/c1-25(38)36-21-20-29-15-16-30(37(29)22-27-8-4-3-5-9-27)24-35(23-28-10-6-7-11-32(28)36)33(39)19-14-26-12-17-31(18-13-26)42(40,41)34-2/h3-13,17-18,29-30,34H,14-16,19-24H2,1-2H3/t29-,30+/m0/s1. The summed E-state index contributed by atoms with van der Waals surface area (Å²) < 4.78 is 26.5. The molecule has 2 atom stereocenters. The lowest BCUT2D eigenvalue weighted by Gasteiger charge is -2.34. The molecule has 2 amide bonds. The molecule has 2 heterocycles. The molecule has 8 nitrogen and oxygen atoms in total. The summed E-state index contributed by atoms with van der Waals surface area (Å²) in [6.45, 7) is 4.12. The molecule has 2 bridgehead atoms. The molecule has 0 aliphatic carbocycles. The van der Waals surface area contributed by atoms with Gasteiger partial charge in [0, 0.05) is 57.3 Å². The Morgan fingerprint density at radius 3 is 2.26 bits per heavy atom. The summed E-state index contributed by atoms with van der Waals surface area (Å²) in [4.78, 5) is 33.3. The van der Waals surface area contributed by atoms with E-state index in [0.29, 0.717) is 38.5 Å². The van der Waals surface area contributed by atoms with E-state index in [1.807, 2.05) is 40.1 Å². The van der Waals surface area contributed by atoms with E-state index in [-0.39, 0.29) is 22.8 Å². The zero-order valence-corrected chi connectivity index (χ0v) is 25.2. The van der Waals surface area contributed by atoms with E-state index in [9.17, 15) is 18.0 Å². The van der Waals surface area contributed by atoms with Gasteiger partial charge in [-0.2, -0.15) is 0 Å². The van der Waals surface area contributed by atoms with Gasteiger partial charge in [0.2, 0.25) is 21.8 Å². The Labute approximate surface area is 249 Å². The highest BCUT2D eigenvalue weighted by atomic mass is 32.2. The largest absolute Gasteiger partial charge is 0.337 e. The first-order chi connectivity index (χ1) is 20.2. The van der Waals surface area contributed by atoms with Crippen LogP contribution in [0.4, 0.5) is 5.69 Å². The summed E-state index contributed by atoms with van der Waals surface area (Å²) in [6.07, 6.45) is 3.74. The third kappa shape index (κ3) is 6.91. The van der Waals surface area contributed by atoms with Crippen molar-refractivity contribution >= 4 is 27.5 Å². The molecule has 2 aliphatic rings. The van der Waals surface area contributed by atoms with Crippen LogP contribution in [0.3, 0.4) is 0 Å². The summed E-state index contributed by atoms with van der Waals surface area (Å²) in [6, 6.07) is 25.6. The van der Waals surface area contributed by atoms with E-state index in [2.05, 4.69) is 33.9 Å². The fraction of sp³-hybridized carbons (Fsp3) is 0.394. The second-order valence-electron chi connectivity index (χ2n) is 11.3. The first-order valence-electron chi connectivity index (χ1n) is 14.7. The number of aryl methyl sites for hydroxylation is 1. The first kappa shape index (κ1) is 29.9. The predicted molar refractivity (Wildman–Crippen MR) is 164 cm³/mol. The van der Waals surface area contributed by atoms with Gasteiger partial charge >= 0.3 is 0 Å². The Balaban J connectivity index is 1.41. The summed E-state index contributed by atoms with van der Waals surface area (Å²) >= 11 is 0. The number of hydrogen-bond donors (Lipinski definition) is 1. The second kappa shape index (κ2) is 13.2. The van der Waals surface area contributed by atoms with Gasteiger partial charge in [-0.05, 0) is 67.6 Å². The van der Waals surface area contributed by atoms with Gasteiger partial charge in [-0.1, -0.05) is 60.7 Å². The smallest absolute Gasteiger partial charge is 0.240 e. The van der Waals surface area contributed by atoms with Gasteiger partial charge in [0.15, 0.2) is 0 Å². The van der Waals surface area contributed by atoms with Crippen LogP contribution in [0.25, 0.3) is 0 Å². The van der Waals surface area contributed by atoms with E-state index >= 15 is 0 Å². The zero-order chi connectivity index (χ0) is 29.7. The topological polar surface area (TPSA) is 90.0 Å². The molecule has 3 aromatic carbocycles. The van der Waals surface area contributed by atoms with Crippen molar-refractivity contribution < 1.29 is 18.0 Å². The Bertz CT molecular complexity index is 1490. The summed E-state index contributed by atoms with van der Waals surface area (Å²) in [5.41, 5.74) is 4.00. The second-order valence-corrected chi connectivity index (χ2v) is 13.1. The lowest BCUT2D eigenvalue weighted by Crippen LogP contribution is -2.45. The third-order valence-electron chi connectivity index (χ3n) is 8.60. The van der Waals surface area contributed by atoms with Crippen LogP contribution < -0.4 is 9.62 Å². The number of sulfonamides is 1. The maximum atomic E-state index is 13.9. The molecular formula is C33H40N4O4S. The number of para-hydroxylation sites is 1. The molecule has 0 radical (unpaired) electrons. The molecule has 0 saturated carbocycles. The van der Waals surface area contributed by atoms with E-state index < -0.39 is 10.0 Å². The van der Waals surface area contributed by atoms with Gasteiger partial charge in [-0.15, -0.1) is 0 Å². The van der Waals surface area contributed by atoms with E-state index in [0.717, 1.165) is 42.6 Å². The summed E-state index contributed by atoms with van der Waals surface area (Å²) in [5.74, 6) is 0.0564. The molecule has 0 aromatic heterocycles. The maximum absolute atomic E-state index is 13.9. The lowest BCUT2D eigenvalue weighted by molar-refractivity contribution is -0.132. The number of nitrogens with zero attached hydrogens (tertiary/aromatic N) is 3. The van der Waals surface area contributed by atoms with Crippen LogP contribution in [0.1, 0.15) is 49.3 Å². The lowest BCUT2D eigenvalue weighted by atomic mass is 10.1. The molecular weight excluding hydrogens is 548 g/mol. The minimum absolute atomic E-state index is 0.00691. The number of amides is 2. The van der Waals surface area contributed by atoms with Crippen LogP contribution in [-0.2, 0) is 39.1 Å². The van der Waals surface area contributed by atoms with Gasteiger partial charge in [0.25, 0.3) is 0 Å². The minimum atomic E-state index is -3.51. The quantitative estimate of drug-likeness (QED) is 0.444. The van der Waals surface area contributed by atoms with Gasteiger partial charge < -0.3 is 9.80 Å². The average molecular weight is 589 g/mol. The zero-order valence-electron chi connectivity index (χ0n) is 24.4. The number of hydrogen-bond acceptors (Lipinski definition) is 5. The van der Waals surface area contributed by atoms with Crippen LogP contribution in [0.5, 0.6) is 0 Å². The normalized spacial score (nSPS) is 19.7. The monoisotopic (exact) mass is 588 g/mol. The fourth-order valence-corrected chi connectivity index (χ4v) is 7.01. The molecule has 9 heteroatoms. The molecule has 222 valence electrons. The van der Waals surface area contributed by atoms with Crippen LogP contribution in [0.2, 0.25) is 0 Å². The number of nitrogens with one attached hydrogen (secondary N) is 1. The number of rotatable bonds is 7. The van der Waals surface area contributed by atoms with Gasteiger partial charge in [-0.3, -0.25) is 14.5 Å². The van der Waals surface area contributed by atoms with Crippen molar-refractivity contribution in [1.82, 2.24) is 14.5 Å². The number of fused-ring (bicyclic) bond motifs is 3. The van der Waals surface area contributed by atoms with Crippen LogP contribution >= 0.6 is 0 Å². The van der Waals surface area contributed by atoms with Crippen LogP contribution in [0.15, 0.2) is 83.8 Å². The number of benzene rings is 3. The Morgan fingerprint density at radius 2 is 1.55 bits per heavy atom. The highest BCUT2D eigenvalue weighted by molar-refractivity contribution is 7.89. The highest BCUT2D eigenvalue weighted by Crippen LogP contribution is 2.33. The Morgan fingerprint density at radius 1 is 0.857 bits per heavy atom. The maximum Gasteiger partial charge on any atom is 0.240 e. The van der Waals surface area contributed by atoms with Crippen LogP contribution in [-0.4, -0.2) is 62.3 Å². The van der Waals surface area contributed by atoms with Crippen molar-refractivity contribution in [1.29, 1.82) is 0 Å². The molecule has 42 heavy (non-hydrogen) atoms. The third-order valence-corrected chi connectivity index (χ3v) is 10.0.